The van der Waals surface area contributed by atoms with Crippen LogP contribution < -0.4 is 5.32 Å². The first-order chi connectivity index (χ1) is 13.3. The largest absolute Gasteiger partial charge is 0.326 e. The van der Waals surface area contributed by atoms with Crippen LogP contribution in [0.2, 0.25) is 0 Å². The molecule has 0 amide bonds. The zero-order valence-electron chi connectivity index (χ0n) is 15.8. The maximum Gasteiger partial charge on any atom is 0.160 e. The van der Waals surface area contributed by atoms with E-state index in [4.69, 9.17) is 5.10 Å². The monoisotopic (exact) mass is 362 g/mol. The maximum absolute atomic E-state index is 4.79. The van der Waals surface area contributed by atoms with Crippen LogP contribution in [0.5, 0.6) is 0 Å². The molecule has 6 heteroatoms. The lowest BCUT2D eigenvalue weighted by atomic mass is 9.99. The van der Waals surface area contributed by atoms with Gasteiger partial charge in [-0.15, -0.1) is 0 Å². The molecule has 0 radical (unpaired) electrons. The minimum absolute atomic E-state index is 0.351. The van der Waals surface area contributed by atoms with Gasteiger partial charge in [0.1, 0.15) is 5.69 Å². The van der Waals surface area contributed by atoms with Gasteiger partial charge in [-0.3, -0.25) is 9.58 Å². The molecule has 27 heavy (non-hydrogen) atoms. The topological polar surface area (TPSA) is 50.9 Å². The van der Waals surface area contributed by atoms with Gasteiger partial charge in [-0.25, -0.2) is 4.98 Å². The van der Waals surface area contributed by atoms with Gasteiger partial charge >= 0.3 is 0 Å². The predicted octanol–water partition coefficient (Wildman–Crippen LogP) is 2.47. The maximum atomic E-state index is 4.79. The number of aromatic nitrogens is 4. The van der Waals surface area contributed by atoms with Crippen molar-refractivity contribution in [2.45, 2.75) is 39.0 Å². The van der Waals surface area contributed by atoms with Crippen molar-refractivity contribution in [1.82, 2.24) is 29.5 Å². The highest BCUT2D eigenvalue weighted by Gasteiger charge is 2.21. The Balaban J connectivity index is 1.34. The van der Waals surface area contributed by atoms with E-state index in [-0.39, 0.29) is 0 Å². The summed E-state index contributed by atoms with van der Waals surface area (Å²) in [6.45, 7) is 8.26. The smallest absolute Gasteiger partial charge is 0.160 e. The molecule has 2 aromatic heterocycles. The molecular weight excluding hydrogens is 336 g/mol. The van der Waals surface area contributed by atoms with Gasteiger partial charge < -0.3 is 9.88 Å². The minimum Gasteiger partial charge on any atom is -0.326 e. The lowest BCUT2D eigenvalue weighted by Gasteiger charge is -2.31. The van der Waals surface area contributed by atoms with Crippen LogP contribution in [0.15, 0.2) is 42.7 Å². The SMILES string of the molecule is C[C@H](CN1CCc2ccccc2C1)n1ccnc1-c1cc2n(n1)CCNC2. The fraction of sp³-hybridized carbons (Fsp3) is 0.429. The molecule has 5 rings (SSSR count). The molecule has 1 atom stereocenters. The fourth-order valence-electron chi connectivity index (χ4n) is 4.34. The quantitative estimate of drug-likeness (QED) is 0.775. The number of nitrogens with zero attached hydrogens (tertiary/aromatic N) is 5. The second-order valence-corrected chi connectivity index (χ2v) is 7.68. The Morgan fingerprint density at radius 2 is 2.07 bits per heavy atom. The van der Waals surface area contributed by atoms with E-state index in [1.807, 2.05) is 6.20 Å². The molecule has 0 saturated carbocycles. The Morgan fingerprint density at radius 3 is 2.96 bits per heavy atom. The number of nitrogens with one attached hydrogen (secondary N) is 1. The second kappa shape index (κ2) is 6.94. The van der Waals surface area contributed by atoms with E-state index in [0.29, 0.717) is 6.04 Å². The lowest BCUT2D eigenvalue weighted by molar-refractivity contribution is 0.221. The molecule has 2 aliphatic heterocycles. The van der Waals surface area contributed by atoms with Crippen molar-refractivity contribution in [3.05, 3.63) is 59.5 Å². The van der Waals surface area contributed by atoms with Crippen LogP contribution in [-0.2, 0) is 26.1 Å². The van der Waals surface area contributed by atoms with Crippen molar-refractivity contribution in [1.29, 1.82) is 0 Å². The summed E-state index contributed by atoms with van der Waals surface area (Å²) < 4.78 is 4.39. The van der Waals surface area contributed by atoms with Crippen molar-refractivity contribution < 1.29 is 0 Å². The molecule has 1 aromatic carbocycles. The molecule has 0 unspecified atom stereocenters. The van der Waals surface area contributed by atoms with Gasteiger partial charge in [-0.2, -0.15) is 5.10 Å². The Labute approximate surface area is 159 Å². The average molecular weight is 362 g/mol. The first-order valence-corrected chi connectivity index (χ1v) is 9.88. The Morgan fingerprint density at radius 1 is 1.19 bits per heavy atom. The van der Waals surface area contributed by atoms with E-state index >= 15 is 0 Å². The normalized spacial score (nSPS) is 18.1. The van der Waals surface area contributed by atoms with E-state index in [9.17, 15) is 0 Å². The second-order valence-electron chi connectivity index (χ2n) is 7.68. The zero-order valence-corrected chi connectivity index (χ0v) is 15.8. The molecule has 0 saturated heterocycles. The van der Waals surface area contributed by atoms with Crippen LogP contribution in [-0.4, -0.2) is 43.9 Å². The van der Waals surface area contributed by atoms with Gasteiger partial charge in [0.25, 0.3) is 0 Å². The summed E-state index contributed by atoms with van der Waals surface area (Å²) in [4.78, 5) is 7.18. The average Bonchev–Trinajstić information content (AvgIpc) is 3.34. The number of rotatable bonds is 4. The molecule has 6 nitrogen and oxygen atoms in total. The number of fused-ring (bicyclic) bond motifs is 2. The van der Waals surface area contributed by atoms with Gasteiger partial charge in [-0.1, -0.05) is 24.3 Å². The van der Waals surface area contributed by atoms with E-state index < -0.39 is 0 Å². The van der Waals surface area contributed by atoms with Crippen LogP contribution in [0.3, 0.4) is 0 Å². The highest BCUT2D eigenvalue weighted by atomic mass is 15.3. The van der Waals surface area contributed by atoms with Crippen LogP contribution in [0, 0.1) is 0 Å². The third-order valence-electron chi connectivity index (χ3n) is 5.77. The van der Waals surface area contributed by atoms with E-state index in [1.165, 1.54) is 16.8 Å². The third kappa shape index (κ3) is 3.19. The Bertz CT molecular complexity index is 916. The van der Waals surface area contributed by atoms with Crippen LogP contribution in [0.4, 0.5) is 0 Å². The lowest BCUT2D eigenvalue weighted by Crippen LogP contribution is -2.34. The van der Waals surface area contributed by atoms with Crippen molar-refractivity contribution in [3.63, 3.8) is 0 Å². The fourth-order valence-corrected chi connectivity index (χ4v) is 4.34. The molecular formula is C21H26N6. The van der Waals surface area contributed by atoms with Crippen molar-refractivity contribution in [3.8, 4) is 11.5 Å². The summed E-state index contributed by atoms with van der Waals surface area (Å²) in [6, 6.07) is 11.3. The Kier molecular flexibility index (Phi) is 4.30. The minimum atomic E-state index is 0.351. The Hall–Kier alpha value is -2.44. The number of imidazole rings is 1. The molecule has 0 fully saturated rings. The first-order valence-electron chi connectivity index (χ1n) is 9.88. The van der Waals surface area contributed by atoms with Gasteiger partial charge in [0.2, 0.25) is 0 Å². The van der Waals surface area contributed by atoms with Gasteiger partial charge in [-0.05, 0) is 30.5 Å². The summed E-state index contributed by atoms with van der Waals surface area (Å²) in [5, 5.41) is 8.20. The van der Waals surface area contributed by atoms with E-state index in [1.54, 1.807) is 0 Å². The molecule has 0 spiro atoms. The van der Waals surface area contributed by atoms with Crippen LogP contribution in [0.1, 0.15) is 29.8 Å². The van der Waals surface area contributed by atoms with Crippen molar-refractivity contribution in [2.75, 3.05) is 19.6 Å². The van der Waals surface area contributed by atoms with Gasteiger partial charge in [0, 0.05) is 51.2 Å². The highest BCUT2D eigenvalue weighted by molar-refractivity contribution is 5.50. The molecule has 0 aliphatic carbocycles. The summed E-state index contributed by atoms with van der Waals surface area (Å²) >= 11 is 0. The summed E-state index contributed by atoms with van der Waals surface area (Å²) in [7, 11) is 0. The molecule has 3 aromatic rings. The van der Waals surface area contributed by atoms with E-state index in [0.717, 1.165) is 57.2 Å². The van der Waals surface area contributed by atoms with Gasteiger partial charge in [0.05, 0.1) is 12.2 Å². The molecule has 140 valence electrons. The van der Waals surface area contributed by atoms with Gasteiger partial charge in [0.15, 0.2) is 5.82 Å². The first kappa shape index (κ1) is 16.7. The summed E-state index contributed by atoms with van der Waals surface area (Å²) in [5.41, 5.74) is 5.19. The summed E-state index contributed by atoms with van der Waals surface area (Å²) in [5.74, 6) is 0.974. The predicted molar refractivity (Wildman–Crippen MR) is 105 cm³/mol. The van der Waals surface area contributed by atoms with E-state index in [2.05, 4.69) is 67.9 Å². The highest BCUT2D eigenvalue weighted by Crippen LogP contribution is 2.24. The summed E-state index contributed by atoms with van der Waals surface area (Å²) in [6.07, 6.45) is 5.13. The number of benzene rings is 1. The molecule has 0 bridgehead atoms. The molecule has 4 heterocycles. The van der Waals surface area contributed by atoms with Crippen molar-refractivity contribution >= 4 is 0 Å². The molecule has 1 N–H and O–H groups in total. The standard InChI is InChI=1S/C21H26N6/c1-16(14-25-9-6-17-4-2-3-5-18(17)15-25)26-10-8-23-21(26)20-12-19-13-22-7-11-27(19)24-20/h2-5,8,10,12,16,22H,6-7,9,11,13-15H2,1H3/t16-/m1/s1. The molecule has 2 aliphatic rings. The zero-order chi connectivity index (χ0) is 18.2. The third-order valence-corrected chi connectivity index (χ3v) is 5.77. The number of hydrogen-bond donors (Lipinski definition) is 1. The van der Waals surface area contributed by atoms with Crippen LogP contribution >= 0.6 is 0 Å². The van der Waals surface area contributed by atoms with Crippen molar-refractivity contribution in [2.24, 2.45) is 0 Å². The number of hydrogen-bond acceptors (Lipinski definition) is 4. The van der Waals surface area contributed by atoms with Crippen LogP contribution in [0.25, 0.3) is 11.5 Å².